The van der Waals surface area contributed by atoms with Gasteiger partial charge in [-0.25, -0.2) is 13.1 Å². The van der Waals surface area contributed by atoms with E-state index in [4.69, 9.17) is 0 Å². The van der Waals surface area contributed by atoms with E-state index in [2.05, 4.69) is 14.9 Å². The zero-order valence-corrected chi connectivity index (χ0v) is 18.6. The van der Waals surface area contributed by atoms with Crippen LogP contribution in [0.4, 0.5) is 0 Å². The molecule has 0 spiro atoms. The average Bonchev–Trinajstić information content (AvgIpc) is 2.72. The molecule has 1 aliphatic heterocycles. The molecule has 1 aromatic carbocycles. The Morgan fingerprint density at radius 2 is 1.59 bits per heavy atom. The third kappa shape index (κ3) is 5.58. The monoisotopic (exact) mass is 421 g/mol. The lowest BCUT2D eigenvalue weighted by molar-refractivity contribution is 0.0326. The zero-order valence-electron chi connectivity index (χ0n) is 17.7. The van der Waals surface area contributed by atoms with Crippen molar-refractivity contribution in [2.75, 3.05) is 19.6 Å². The maximum Gasteiger partial charge on any atom is 0.251 e. The second-order valence-corrected chi connectivity index (χ2v) is 10.5. The van der Waals surface area contributed by atoms with Crippen LogP contribution in [0.5, 0.6) is 0 Å². The molecule has 2 N–H and O–H groups in total. The van der Waals surface area contributed by atoms with Gasteiger partial charge >= 0.3 is 0 Å². The molecule has 29 heavy (non-hydrogen) atoms. The fourth-order valence-corrected chi connectivity index (χ4v) is 5.94. The largest absolute Gasteiger partial charge is 0.350 e. The maximum absolute atomic E-state index is 12.8. The first kappa shape index (κ1) is 22.2. The Bertz CT molecular complexity index is 778. The standard InChI is InChI=1S/C22H35N3O3S/c1-18(2)24-29(27,28)20-11-9-19(10-12-20)21(26)23-17-22(13-5-3-6-14-22)25-15-7-4-8-16-25/h9-12,18,24H,3-8,13-17H2,1-2H3,(H,23,26). The fourth-order valence-electron chi connectivity index (χ4n) is 4.69. The van der Waals surface area contributed by atoms with Crippen molar-refractivity contribution in [3.63, 3.8) is 0 Å². The van der Waals surface area contributed by atoms with Crippen molar-refractivity contribution in [1.29, 1.82) is 0 Å². The van der Waals surface area contributed by atoms with Crippen LogP contribution in [0, 0.1) is 0 Å². The minimum atomic E-state index is -3.54. The minimum absolute atomic E-state index is 0.0821. The molecule has 1 heterocycles. The number of hydrogen-bond acceptors (Lipinski definition) is 4. The van der Waals surface area contributed by atoms with Gasteiger partial charge in [-0.15, -0.1) is 0 Å². The highest BCUT2D eigenvalue weighted by Crippen LogP contribution is 2.35. The second kappa shape index (κ2) is 9.58. The van der Waals surface area contributed by atoms with Crippen molar-refractivity contribution in [2.24, 2.45) is 0 Å². The molecule has 1 aliphatic carbocycles. The molecule has 0 unspecified atom stereocenters. The van der Waals surface area contributed by atoms with Crippen LogP contribution in [0.25, 0.3) is 0 Å². The van der Waals surface area contributed by atoms with Gasteiger partial charge in [-0.2, -0.15) is 0 Å². The number of rotatable bonds is 7. The number of sulfonamides is 1. The van der Waals surface area contributed by atoms with Gasteiger partial charge in [0.15, 0.2) is 0 Å². The van der Waals surface area contributed by atoms with E-state index in [1.807, 2.05) is 0 Å². The summed E-state index contributed by atoms with van der Waals surface area (Å²) >= 11 is 0. The number of nitrogens with zero attached hydrogens (tertiary/aromatic N) is 1. The van der Waals surface area contributed by atoms with Crippen LogP contribution >= 0.6 is 0 Å². The summed E-state index contributed by atoms with van der Waals surface area (Å²) in [6.07, 6.45) is 9.82. The highest BCUT2D eigenvalue weighted by atomic mass is 32.2. The topological polar surface area (TPSA) is 78.5 Å². The van der Waals surface area contributed by atoms with Crippen LogP contribution in [-0.2, 0) is 10.0 Å². The van der Waals surface area contributed by atoms with E-state index >= 15 is 0 Å². The van der Waals surface area contributed by atoms with Gasteiger partial charge in [0, 0.05) is 23.7 Å². The van der Waals surface area contributed by atoms with Gasteiger partial charge in [0.1, 0.15) is 0 Å². The third-order valence-corrected chi connectivity index (χ3v) is 7.88. The van der Waals surface area contributed by atoms with Crippen molar-refractivity contribution in [3.05, 3.63) is 29.8 Å². The van der Waals surface area contributed by atoms with Gasteiger partial charge in [0.25, 0.3) is 5.91 Å². The summed E-state index contributed by atoms with van der Waals surface area (Å²) in [4.78, 5) is 15.6. The van der Waals surface area contributed by atoms with Crippen molar-refractivity contribution >= 4 is 15.9 Å². The van der Waals surface area contributed by atoms with Gasteiger partial charge in [-0.3, -0.25) is 9.69 Å². The molecule has 1 aromatic rings. The van der Waals surface area contributed by atoms with E-state index in [1.54, 1.807) is 26.0 Å². The van der Waals surface area contributed by atoms with E-state index in [0.717, 1.165) is 25.9 Å². The number of benzene rings is 1. The fraction of sp³-hybridized carbons (Fsp3) is 0.682. The van der Waals surface area contributed by atoms with Crippen molar-refractivity contribution < 1.29 is 13.2 Å². The van der Waals surface area contributed by atoms with Crippen LogP contribution in [0.2, 0.25) is 0 Å². The molecule has 7 heteroatoms. The molecule has 162 valence electrons. The highest BCUT2D eigenvalue weighted by Gasteiger charge is 2.38. The van der Waals surface area contributed by atoms with Crippen LogP contribution in [0.15, 0.2) is 29.2 Å². The summed E-state index contributed by atoms with van der Waals surface area (Å²) in [5, 5.41) is 3.15. The number of likely N-dealkylation sites (tertiary alicyclic amines) is 1. The first-order valence-electron chi connectivity index (χ1n) is 11.0. The predicted octanol–water partition coefficient (Wildman–Crippen LogP) is 3.29. The summed E-state index contributed by atoms with van der Waals surface area (Å²) in [6, 6.07) is 6.02. The smallest absolute Gasteiger partial charge is 0.251 e. The Morgan fingerprint density at radius 1 is 1.00 bits per heavy atom. The van der Waals surface area contributed by atoms with Gasteiger partial charge in [0.2, 0.25) is 10.0 Å². The number of carbonyl (C=O) groups excluding carboxylic acids is 1. The number of nitrogens with one attached hydrogen (secondary N) is 2. The summed E-state index contributed by atoms with van der Waals surface area (Å²) < 4.78 is 27.1. The zero-order chi connectivity index (χ0) is 20.9. The van der Waals surface area contributed by atoms with Gasteiger partial charge in [-0.1, -0.05) is 25.7 Å². The Labute approximate surface area is 175 Å². The van der Waals surface area contributed by atoms with Crippen molar-refractivity contribution in [3.8, 4) is 0 Å². The minimum Gasteiger partial charge on any atom is -0.350 e. The normalized spacial score (nSPS) is 20.5. The van der Waals surface area contributed by atoms with E-state index in [-0.39, 0.29) is 22.4 Å². The molecule has 0 bridgehead atoms. The Kier molecular flexibility index (Phi) is 7.35. The molecular weight excluding hydrogens is 386 g/mol. The van der Waals surface area contributed by atoms with Gasteiger partial charge in [-0.05, 0) is 76.9 Å². The predicted molar refractivity (Wildman–Crippen MR) is 115 cm³/mol. The average molecular weight is 422 g/mol. The maximum atomic E-state index is 12.8. The summed E-state index contributed by atoms with van der Waals surface area (Å²) in [5.41, 5.74) is 0.580. The first-order chi connectivity index (χ1) is 13.8. The molecule has 0 radical (unpaired) electrons. The van der Waals surface area contributed by atoms with E-state index in [1.165, 1.54) is 50.7 Å². The van der Waals surface area contributed by atoms with E-state index in [0.29, 0.717) is 12.1 Å². The van der Waals surface area contributed by atoms with Crippen LogP contribution in [-0.4, -0.2) is 50.4 Å². The number of piperidine rings is 1. The number of carbonyl (C=O) groups is 1. The SMILES string of the molecule is CC(C)NS(=O)(=O)c1ccc(C(=O)NCC2(N3CCCCC3)CCCCC2)cc1. The first-order valence-corrected chi connectivity index (χ1v) is 12.5. The quantitative estimate of drug-likeness (QED) is 0.708. The van der Waals surface area contributed by atoms with Crippen molar-refractivity contribution in [2.45, 2.75) is 81.7 Å². The molecule has 0 atom stereocenters. The number of hydrogen-bond donors (Lipinski definition) is 2. The molecule has 3 rings (SSSR count). The Hall–Kier alpha value is -1.44. The Morgan fingerprint density at radius 3 is 2.17 bits per heavy atom. The third-order valence-electron chi connectivity index (χ3n) is 6.21. The lowest BCUT2D eigenvalue weighted by Gasteiger charge is -2.48. The molecule has 1 amide bonds. The molecule has 6 nitrogen and oxygen atoms in total. The van der Waals surface area contributed by atoms with E-state index < -0.39 is 10.0 Å². The van der Waals surface area contributed by atoms with Crippen LogP contribution < -0.4 is 10.0 Å². The highest BCUT2D eigenvalue weighted by molar-refractivity contribution is 7.89. The Balaban J connectivity index is 1.65. The second-order valence-electron chi connectivity index (χ2n) is 8.82. The molecule has 2 fully saturated rings. The van der Waals surface area contributed by atoms with Gasteiger partial charge in [0.05, 0.1) is 4.90 Å². The van der Waals surface area contributed by atoms with Crippen LogP contribution in [0.1, 0.15) is 75.6 Å². The molecule has 2 aliphatic rings. The van der Waals surface area contributed by atoms with Gasteiger partial charge < -0.3 is 5.32 Å². The van der Waals surface area contributed by atoms with E-state index in [9.17, 15) is 13.2 Å². The molecular formula is C22H35N3O3S. The summed E-state index contributed by atoms with van der Waals surface area (Å²) in [7, 11) is -3.54. The summed E-state index contributed by atoms with van der Waals surface area (Å²) in [6.45, 7) is 6.49. The summed E-state index contributed by atoms with van der Waals surface area (Å²) in [5.74, 6) is -0.132. The lowest BCUT2D eigenvalue weighted by atomic mass is 9.79. The van der Waals surface area contributed by atoms with Crippen LogP contribution in [0.3, 0.4) is 0 Å². The molecule has 1 saturated heterocycles. The lowest BCUT2D eigenvalue weighted by Crippen LogP contribution is -2.58. The number of amides is 1. The van der Waals surface area contributed by atoms with Crippen molar-refractivity contribution in [1.82, 2.24) is 14.9 Å². The molecule has 0 aromatic heterocycles. The molecule has 1 saturated carbocycles.